The molecular weight excluding hydrogens is 448 g/mol. The lowest BCUT2D eigenvalue weighted by Crippen LogP contribution is -2.49. The van der Waals surface area contributed by atoms with Gasteiger partial charge in [-0.15, -0.1) is 0 Å². The van der Waals surface area contributed by atoms with Crippen LogP contribution >= 0.6 is 0 Å². The minimum Gasteiger partial charge on any atom is -0.356 e. The zero-order valence-corrected chi connectivity index (χ0v) is 23.8. The predicted octanol–water partition coefficient (Wildman–Crippen LogP) is 6.50. The van der Waals surface area contributed by atoms with Crippen molar-refractivity contribution in [2.24, 2.45) is 0 Å². The summed E-state index contributed by atoms with van der Waals surface area (Å²) >= 11 is 0. The van der Waals surface area contributed by atoms with Crippen molar-refractivity contribution in [2.45, 2.75) is 135 Å². The first-order valence-electron chi connectivity index (χ1n) is 14.1. The van der Waals surface area contributed by atoms with Gasteiger partial charge in [-0.1, -0.05) is 96.8 Å². The fourth-order valence-corrected chi connectivity index (χ4v) is 4.99. The number of unbranched alkanes of at least 4 members (excludes halogenated alkanes) is 14. The van der Waals surface area contributed by atoms with Crippen molar-refractivity contribution in [1.82, 2.24) is 5.32 Å². The Morgan fingerprint density at radius 2 is 1.24 bits per heavy atom. The molecule has 0 saturated carbocycles. The molecule has 1 unspecified atom stereocenters. The number of hydrogen-bond acceptors (Lipinski definition) is 3. The van der Waals surface area contributed by atoms with Crippen molar-refractivity contribution in [1.29, 1.82) is 0 Å². The quantitative estimate of drug-likeness (QED) is 0.0891. The first-order chi connectivity index (χ1) is 16.1. The molecule has 0 radical (unpaired) electrons. The van der Waals surface area contributed by atoms with Crippen molar-refractivity contribution in [3.63, 3.8) is 0 Å². The van der Waals surface area contributed by atoms with Gasteiger partial charge in [0.2, 0.25) is 5.91 Å². The maximum absolute atomic E-state index is 12.0. The lowest BCUT2D eigenvalue weighted by atomic mass is 10.0. The second kappa shape index (κ2) is 20.5. The third-order valence-corrected chi connectivity index (χ3v) is 7.98. The van der Waals surface area contributed by atoms with Crippen LogP contribution in [0.3, 0.4) is 0 Å². The highest BCUT2D eigenvalue weighted by atomic mass is 32.2. The van der Waals surface area contributed by atoms with Gasteiger partial charge in [-0.05, 0) is 13.3 Å². The van der Waals surface area contributed by atoms with E-state index in [1.54, 1.807) is 0 Å². The molecule has 0 aliphatic heterocycles. The molecular formula is C27H57N2O4S+. The normalized spacial score (nSPS) is 13.2. The largest absolute Gasteiger partial charge is 0.356 e. The number of carbonyl (C=O) groups is 1. The van der Waals surface area contributed by atoms with Crippen LogP contribution in [0.2, 0.25) is 0 Å². The van der Waals surface area contributed by atoms with E-state index in [1.807, 2.05) is 6.92 Å². The van der Waals surface area contributed by atoms with Crippen molar-refractivity contribution >= 4 is 16.0 Å². The Bertz CT molecular complexity index is 593. The van der Waals surface area contributed by atoms with Crippen LogP contribution in [0.4, 0.5) is 0 Å². The molecule has 0 aliphatic carbocycles. The number of nitrogens with zero attached hydrogens (tertiary/aromatic N) is 1. The van der Waals surface area contributed by atoms with Gasteiger partial charge in [0, 0.05) is 25.8 Å². The van der Waals surface area contributed by atoms with Crippen LogP contribution in [0.25, 0.3) is 0 Å². The van der Waals surface area contributed by atoms with E-state index in [9.17, 15) is 13.2 Å². The average Bonchev–Trinajstić information content (AvgIpc) is 2.77. The molecule has 6 nitrogen and oxygen atoms in total. The number of nitrogens with one attached hydrogen (secondary N) is 1. The van der Waals surface area contributed by atoms with Crippen LogP contribution in [-0.4, -0.2) is 62.3 Å². The molecule has 0 rings (SSSR count). The Kier molecular flexibility index (Phi) is 20.1. The molecule has 2 N–H and O–H groups in total. The molecule has 0 bridgehead atoms. The molecule has 7 heteroatoms. The number of quaternary nitrogens is 1. The van der Waals surface area contributed by atoms with Gasteiger partial charge in [0.05, 0.1) is 32.4 Å². The standard InChI is InChI=1S/C27H56N2O4S/c1-5-6-7-8-9-10-11-12-13-14-15-16-17-18-19-21-27(30)28-23-20-24-29(3,4)26(2)22-25-34(31,32)33/h26H,5-25H2,1-4H3,(H-,28,30,31,32,33)/p+1. The second-order valence-electron chi connectivity index (χ2n) is 10.8. The third kappa shape index (κ3) is 21.8. The van der Waals surface area contributed by atoms with Gasteiger partial charge < -0.3 is 9.80 Å². The second-order valence-corrected chi connectivity index (χ2v) is 12.4. The van der Waals surface area contributed by atoms with Gasteiger partial charge in [-0.3, -0.25) is 9.35 Å². The highest BCUT2D eigenvalue weighted by Gasteiger charge is 2.25. The average molecular weight is 506 g/mol. The van der Waals surface area contributed by atoms with Crippen LogP contribution in [0.1, 0.15) is 129 Å². The molecule has 1 amide bonds. The lowest BCUT2D eigenvalue weighted by Gasteiger charge is -2.36. The topological polar surface area (TPSA) is 83.5 Å². The summed E-state index contributed by atoms with van der Waals surface area (Å²) in [6, 6.07) is 0.123. The molecule has 0 aromatic heterocycles. The summed E-state index contributed by atoms with van der Waals surface area (Å²) in [4.78, 5) is 12.0. The Morgan fingerprint density at radius 1 is 0.794 bits per heavy atom. The van der Waals surface area contributed by atoms with Crippen molar-refractivity contribution in [3.05, 3.63) is 0 Å². The Hall–Kier alpha value is -0.660. The van der Waals surface area contributed by atoms with E-state index >= 15 is 0 Å². The molecule has 0 aromatic carbocycles. The smallest absolute Gasteiger partial charge is 0.265 e. The lowest BCUT2D eigenvalue weighted by molar-refractivity contribution is -0.913. The van der Waals surface area contributed by atoms with Crippen molar-refractivity contribution in [2.75, 3.05) is 32.9 Å². The number of amides is 1. The van der Waals surface area contributed by atoms with E-state index < -0.39 is 10.1 Å². The van der Waals surface area contributed by atoms with E-state index in [2.05, 4.69) is 26.3 Å². The van der Waals surface area contributed by atoms with Gasteiger partial charge in [0.25, 0.3) is 10.1 Å². The molecule has 0 heterocycles. The first-order valence-corrected chi connectivity index (χ1v) is 15.7. The number of rotatable bonds is 24. The highest BCUT2D eigenvalue weighted by Crippen LogP contribution is 2.14. The molecule has 0 fully saturated rings. The minimum atomic E-state index is -3.91. The van der Waals surface area contributed by atoms with E-state index in [0.717, 1.165) is 25.8 Å². The van der Waals surface area contributed by atoms with Crippen molar-refractivity contribution < 1.29 is 22.2 Å². The van der Waals surface area contributed by atoms with Gasteiger partial charge in [0.1, 0.15) is 0 Å². The Balaban J connectivity index is 3.51. The Labute approximate surface area is 212 Å². The minimum absolute atomic E-state index is 0.123. The fourth-order valence-electron chi connectivity index (χ4n) is 4.35. The van der Waals surface area contributed by atoms with Gasteiger partial charge >= 0.3 is 0 Å². The molecule has 34 heavy (non-hydrogen) atoms. The van der Waals surface area contributed by atoms with Crippen molar-refractivity contribution in [3.8, 4) is 0 Å². The fraction of sp³-hybridized carbons (Fsp3) is 0.963. The van der Waals surface area contributed by atoms with Crippen LogP contribution in [-0.2, 0) is 14.9 Å². The molecule has 0 aromatic rings. The van der Waals surface area contributed by atoms with E-state index in [4.69, 9.17) is 4.55 Å². The van der Waals surface area contributed by atoms with Crippen LogP contribution < -0.4 is 5.32 Å². The Morgan fingerprint density at radius 3 is 1.68 bits per heavy atom. The summed E-state index contributed by atoms with van der Waals surface area (Å²) in [5, 5.41) is 3.02. The summed E-state index contributed by atoms with van der Waals surface area (Å²) in [5.41, 5.74) is 0. The molecule has 0 aliphatic rings. The predicted molar refractivity (Wildman–Crippen MR) is 145 cm³/mol. The molecule has 1 atom stereocenters. The summed E-state index contributed by atoms with van der Waals surface area (Å²) in [6.07, 6.45) is 21.8. The van der Waals surface area contributed by atoms with E-state index in [1.165, 1.54) is 83.5 Å². The maximum atomic E-state index is 12.0. The van der Waals surface area contributed by atoms with Crippen LogP contribution in [0.5, 0.6) is 0 Å². The van der Waals surface area contributed by atoms with Gasteiger partial charge in [-0.25, -0.2) is 0 Å². The SMILES string of the molecule is CCCCCCCCCCCCCCCCCC(=O)NCCC[N+](C)(C)C(C)CCS(=O)(=O)O. The molecule has 0 spiro atoms. The van der Waals surface area contributed by atoms with Crippen LogP contribution in [0.15, 0.2) is 0 Å². The zero-order valence-electron chi connectivity index (χ0n) is 23.0. The van der Waals surface area contributed by atoms with Gasteiger partial charge in [0.15, 0.2) is 0 Å². The van der Waals surface area contributed by atoms with Crippen LogP contribution in [0, 0.1) is 0 Å². The first kappa shape index (κ1) is 33.3. The highest BCUT2D eigenvalue weighted by molar-refractivity contribution is 7.85. The summed E-state index contributed by atoms with van der Waals surface area (Å²) in [6.45, 7) is 5.78. The zero-order chi connectivity index (χ0) is 25.7. The summed E-state index contributed by atoms with van der Waals surface area (Å²) in [7, 11) is 0.214. The summed E-state index contributed by atoms with van der Waals surface area (Å²) < 4.78 is 31.5. The number of carbonyl (C=O) groups excluding carboxylic acids is 1. The summed E-state index contributed by atoms with van der Waals surface area (Å²) in [5.74, 6) is -0.0642. The molecule has 204 valence electrons. The van der Waals surface area contributed by atoms with Gasteiger partial charge in [-0.2, -0.15) is 8.42 Å². The monoisotopic (exact) mass is 505 g/mol. The number of hydrogen-bond donors (Lipinski definition) is 2. The molecule has 0 saturated heterocycles. The third-order valence-electron chi connectivity index (χ3n) is 7.23. The maximum Gasteiger partial charge on any atom is 0.265 e. The van der Waals surface area contributed by atoms with E-state index in [-0.39, 0.29) is 17.7 Å². The van der Waals surface area contributed by atoms with E-state index in [0.29, 0.717) is 23.9 Å².